The Balaban J connectivity index is 2.07. The maximum atomic E-state index is 12.5. The third-order valence-corrected chi connectivity index (χ3v) is 3.48. The highest BCUT2D eigenvalue weighted by atomic mass is 16.5. The van der Waals surface area contributed by atoms with Gasteiger partial charge in [-0.25, -0.2) is 4.79 Å². The lowest BCUT2D eigenvalue weighted by Gasteiger charge is -2.23. The van der Waals surface area contributed by atoms with E-state index >= 15 is 0 Å². The van der Waals surface area contributed by atoms with Gasteiger partial charge in [-0.1, -0.05) is 30.3 Å². The van der Waals surface area contributed by atoms with Crippen LogP contribution in [0, 0.1) is 0 Å². The molecule has 108 valence electrons. The first-order valence-corrected chi connectivity index (χ1v) is 6.88. The van der Waals surface area contributed by atoms with Crippen molar-refractivity contribution in [3.8, 4) is 0 Å². The summed E-state index contributed by atoms with van der Waals surface area (Å²) in [5.74, 6) is -0.0308. The van der Waals surface area contributed by atoms with Gasteiger partial charge < -0.3 is 15.0 Å². The Labute approximate surface area is 118 Å². The van der Waals surface area contributed by atoms with Crippen LogP contribution in [-0.2, 0) is 16.0 Å². The molecule has 5 heteroatoms. The van der Waals surface area contributed by atoms with Crippen molar-refractivity contribution in [3.05, 3.63) is 35.9 Å². The number of benzene rings is 1. The number of hydrogen-bond donors (Lipinski definition) is 1. The Kier molecular flexibility index (Phi) is 4.98. The number of ether oxygens (including phenoxy) is 1. The van der Waals surface area contributed by atoms with Crippen LogP contribution in [0.3, 0.4) is 0 Å². The summed E-state index contributed by atoms with van der Waals surface area (Å²) in [7, 11) is 1.30. The highest BCUT2D eigenvalue weighted by Gasteiger charge is 2.28. The van der Waals surface area contributed by atoms with Crippen molar-refractivity contribution < 1.29 is 14.3 Å². The van der Waals surface area contributed by atoms with Crippen LogP contribution in [0.5, 0.6) is 0 Å². The number of hydrogen-bond acceptors (Lipinski definition) is 3. The quantitative estimate of drug-likeness (QED) is 0.908. The second-order valence-corrected chi connectivity index (χ2v) is 4.91. The molecule has 1 saturated heterocycles. The van der Waals surface area contributed by atoms with E-state index in [0.717, 1.165) is 31.5 Å². The van der Waals surface area contributed by atoms with E-state index in [4.69, 9.17) is 0 Å². The Morgan fingerprint density at radius 3 is 2.50 bits per heavy atom. The summed E-state index contributed by atoms with van der Waals surface area (Å²) in [6.07, 6.45) is 1.97. The molecule has 1 fully saturated rings. The van der Waals surface area contributed by atoms with Gasteiger partial charge in [0, 0.05) is 19.5 Å². The Morgan fingerprint density at radius 2 is 1.90 bits per heavy atom. The van der Waals surface area contributed by atoms with Crippen molar-refractivity contribution in [1.29, 1.82) is 0 Å². The number of methoxy groups -OCH3 is 1. The van der Waals surface area contributed by atoms with Crippen molar-refractivity contribution in [2.24, 2.45) is 0 Å². The lowest BCUT2D eigenvalue weighted by Crippen LogP contribution is -2.48. The number of amides is 2. The van der Waals surface area contributed by atoms with Gasteiger partial charge in [-0.3, -0.25) is 4.79 Å². The van der Waals surface area contributed by atoms with Crippen LogP contribution in [0.25, 0.3) is 0 Å². The van der Waals surface area contributed by atoms with E-state index < -0.39 is 12.1 Å². The van der Waals surface area contributed by atoms with Gasteiger partial charge in [-0.05, 0) is 18.4 Å². The van der Waals surface area contributed by atoms with Gasteiger partial charge in [0.2, 0.25) is 5.91 Å². The topological polar surface area (TPSA) is 58.6 Å². The zero-order valence-corrected chi connectivity index (χ0v) is 11.7. The predicted octanol–water partition coefficient (Wildman–Crippen LogP) is 1.58. The lowest BCUT2D eigenvalue weighted by molar-refractivity contribution is -0.132. The fraction of sp³-hybridized carbons (Fsp3) is 0.467. The molecule has 0 bridgehead atoms. The SMILES string of the molecule is COC(=O)N[C@@H](Cc1ccccc1)C(=O)N1CCCC1. The first kappa shape index (κ1) is 14.4. The van der Waals surface area contributed by atoms with Crippen molar-refractivity contribution in [1.82, 2.24) is 10.2 Å². The van der Waals surface area contributed by atoms with Gasteiger partial charge >= 0.3 is 6.09 Å². The maximum absolute atomic E-state index is 12.5. The first-order valence-electron chi connectivity index (χ1n) is 6.88. The van der Waals surface area contributed by atoms with Crippen LogP contribution < -0.4 is 5.32 Å². The van der Waals surface area contributed by atoms with Gasteiger partial charge in [0.1, 0.15) is 6.04 Å². The van der Waals surface area contributed by atoms with Crippen LogP contribution in [0.4, 0.5) is 4.79 Å². The molecule has 1 N–H and O–H groups in total. The van der Waals surface area contributed by atoms with Gasteiger partial charge in [0.05, 0.1) is 7.11 Å². The van der Waals surface area contributed by atoms with Crippen LogP contribution >= 0.6 is 0 Å². The van der Waals surface area contributed by atoms with Crippen molar-refractivity contribution in [3.63, 3.8) is 0 Å². The summed E-state index contributed by atoms with van der Waals surface area (Å²) in [6, 6.07) is 9.10. The Hall–Kier alpha value is -2.04. The Morgan fingerprint density at radius 1 is 1.25 bits per heavy atom. The van der Waals surface area contributed by atoms with Gasteiger partial charge in [-0.15, -0.1) is 0 Å². The molecule has 0 aromatic heterocycles. The normalized spacial score (nSPS) is 15.8. The highest BCUT2D eigenvalue weighted by Crippen LogP contribution is 2.12. The van der Waals surface area contributed by atoms with Crippen LogP contribution in [0.15, 0.2) is 30.3 Å². The second-order valence-electron chi connectivity index (χ2n) is 4.91. The van der Waals surface area contributed by atoms with Crippen LogP contribution in [0.1, 0.15) is 18.4 Å². The molecule has 5 nitrogen and oxygen atoms in total. The van der Waals surface area contributed by atoms with Crippen LogP contribution in [-0.4, -0.2) is 43.1 Å². The van der Waals surface area contributed by atoms with E-state index in [1.807, 2.05) is 35.2 Å². The first-order chi connectivity index (χ1) is 9.70. The second kappa shape index (κ2) is 6.93. The minimum Gasteiger partial charge on any atom is -0.453 e. The maximum Gasteiger partial charge on any atom is 0.407 e. The lowest BCUT2D eigenvalue weighted by atomic mass is 10.1. The largest absolute Gasteiger partial charge is 0.453 e. The highest BCUT2D eigenvalue weighted by molar-refractivity contribution is 5.86. The Bertz CT molecular complexity index is 455. The van der Waals surface area contributed by atoms with E-state index in [9.17, 15) is 9.59 Å². The number of carbonyl (C=O) groups excluding carboxylic acids is 2. The molecule has 0 saturated carbocycles. The zero-order chi connectivity index (χ0) is 14.4. The number of alkyl carbamates (subject to hydrolysis) is 1. The monoisotopic (exact) mass is 276 g/mol. The molecule has 1 atom stereocenters. The smallest absolute Gasteiger partial charge is 0.407 e. The molecule has 1 aromatic carbocycles. The number of likely N-dealkylation sites (tertiary alicyclic amines) is 1. The molecule has 0 radical (unpaired) electrons. The third kappa shape index (κ3) is 3.73. The third-order valence-electron chi connectivity index (χ3n) is 3.48. The average molecular weight is 276 g/mol. The number of nitrogens with one attached hydrogen (secondary N) is 1. The van der Waals surface area contributed by atoms with Gasteiger partial charge in [0.25, 0.3) is 0 Å². The van der Waals surface area contributed by atoms with Gasteiger partial charge in [-0.2, -0.15) is 0 Å². The minimum atomic E-state index is -0.571. The van der Waals surface area contributed by atoms with E-state index in [-0.39, 0.29) is 5.91 Å². The average Bonchev–Trinajstić information content (AvgIpc) is 3.01. The molecular formula is C15H20N2O3. The zero-order valence-electron chi connectivity index (χ0n) is 11.7. The van der Waals surface area contributed by atoms with Crippen LogP contribution in [0.2, 0.25) is 0 Å². The molecule has 20 heavy (non-hydrogen) atoms. The predicted molar refractivity (Wildman–Crippen MR) is 75.3 cm³/mol. The summed E-state index contributed by atoms with van der Waals surface area (Å²) < 4.78 is 4.61. The van der Waals surface area contributed by atoms with E-state index in [2.05, 4.69) is 10.1 Å². The fourth-order valence-electron chi connectivity index (χ4n) is 2.41. The summed E-state index contributed by atoms with van der Waals surface area (Å²) in [6.45, 7) is 1.54. The number of rotatable bonds is 4. The standard InChI is InChI=1S/C15H20N2O3/c1-20-15(19)16-13(11-12-7-3-2-4-8-12)14(18)17-9-5-6-10-17/h2-4,7-8,13H,5-6,9-11H2,1H3,(H,16,19)/t13-/m0/s1. The van der Waals surface area contributed by atoms with E-state index in [1.54, 1.807) is 0 Å². The fourth-order valence-corrected chi connectivity index (χ4v) is 2.41. The van der Waals surface area contributed by atoms with Crippen molar-refractivity contribution in [2.75, 3.05) is 20.2 Å². The minimum absolute atomic E-state index is 0.0308. The van der Waals surface area contributed by atoms with E-state index in [0.29, 0.717) is 6.42 Å². The molecule has 1 aromatic rings. The van der Waals surface area contributed by atoms with Gasteiger partial charge in [0.15, 0.2) is 0 Å². The van der Waals surface area contributed by atoms with Crippen molar-refractivity contribution in [2.45, 2.75) is 25.3 Å². The summed E-state index contributed by atoms with van der Waals surface area (Å²) in [5.41, 5.74) is 1.02. The molecule has 2 amide bonds. The molecular weight excluding hydrogens is 256 g/mol. The molecule has 0 unspecified atom stereocenters. The van der Waals surface area contributed by atoms with E-state index in [1.165, 1.54) is 7.11 Å². The molecule has 1 heterocycles. The number of nitrogens with zero attached hydrogens (tertiary/aromatic N) is 1. The molecule has 2 rings (SSSR count). The molecule has 0 spiro atoms. The molecule has 1 aliphatic rings. The molecule has 0 aliphatic carbocycles. The number of carbonyl (C=O) groups is 2. The summed E-state index contributed by atoms with van der Waals surface area (Å²) in [5, 5.41) is 2.64. The summed E-state index contributed by atoms with van der Waals surface area (Å²) in [4.78, 5) is 25.7. The molecule has 1 aliphatic heterocycles. The van der Waals surface area contributed by atoms with Crippen molar-refractivity contribution >= 4 is 12.0 Å². The summed E-state index contributed by atoms with van der Waals surface area (Å²) >= 11 is 0.